The van der Waals surface area contributed by atoms with Crippen molar-refractivity contribution in [2.45, 2.75) is 6.54 Å². The molecule has 0 aliphatic rings. The number of nitrogens with one attached hydrogen (secondary N) is 1. The first-order valence-electron chi connectivity index (χ1n) is 8.37. The zero-order valence-electron chi connectivity index (χ0n) is 15.5. The molecular formula is C20H17NO8. The molecule has 0 spiro atoms. The van der Waals surface area contributed by atoms with E-state index in [1.165, 1.54) is 44.6 Å². The second-order valence-electron chi connectivity index (χ2n) is 6.02. The summed E-state index contributed by atoms with van der Waals surface area (Å²) in [6.07, 6.45) is 0. The number of carbonyl (C=O) groups excluding carboxylic acids is 2. The lowest BCUT2D eigenvalue weighted by Crippen LogP contribution is -2.12. The summed E-state index contributed by atoms with van der Waals surface area (Å²) in [5.74, 6) is -2.01. The van der Waals surface area contributed by atoms with Crippen LogP contribution in [0.2, 0.25) is 0 Å². The van der Waals surface area contributed by atoms with Crippen molar-refractivity contribution in [2.24, 2.45) is 0 Å². The van der Waals surface area contributed by atoms with Crippen LogP contribution in [0.1, 0.15) is 26.3 Å². The van der Waals surface area contributed by atoms with E-state index in [-0.39, 0.29) is 34.7 Å². The van der Waals surface area contributed by atoms with Gasteiger partial charge in [-0.25, -0.2) is 14.4 Å². The van der Waals surface area contributed by atoms with Gasteiger partial charge in [-0.3, -0.25) is 0 Å². The molecule has 9 nitrogen and oxygen atoms in total. The van der Waals surface area contributed by atoms with Crippen molar-refractivity contribution in [3.63, 3.8) is 0 Å². The topological polar surface area (TPSA) is 135 Å². The van der Waals surface area contributed by atoms with Gasteiger partial charge in [0, 0.05) is 29.8 Å². The summed E-state index contributed by atoms with van der Waals surface area (Å²) < 4.78 is 14.5. The molecule has 1 aromatic heterocycles. The standard InChI is InChI=1S/C20H17NO8/c1-27-19(25)10-3-4-12(20(26)28-2)14(5-10)21-9-11-6-18(24)29-17-8-16(23)15(22)7-13(11)17/h3-8,21-23H,9H2,1-2H3. The summed E-state index contributed by atoms with van der Waals surface area (Å²) in [5.41, 5.74) is 0.530. The van der Waals surface area contributed by atoms with E-state index in [2.05, 4.69) is 5.32 Å². The second-order valence-corrected chi connectivity index (χ2v) is 6.02. The van der Waals surface area contributed by atoms with Gasteiger partial charge in [0.1, 0.15) is 5.58 Å². The molecular weight excluding hydrogens is 382 g/mol. The third-order valence-electron chi connectivity index (χ3n) is 4.24. The normalized spacial score (nSPS) is 10.6. The number of benzene rings is 2. The molecule has 0 fully saturated rings. The Morgan fingerprint density at radius 3 is 2.38 bits per heavy atom. The molecule has 0 saturated heterocycles. The summed E-state index contributed by atoms with van der Waals surface area (Å²) in [5, 5.41) is 22.8. The summed E-state index contributed by atoms with van der Waals surface area (Å²) in [6, 6.07) is 7.88. The predicted octanol–water partition coefficient (Wildman–Crippen LogP) is 2.39. The Hall–Kier alpha value is -4.01. The molecule has 0 bridgehead atoms. The highest BCUT2D eigenvalue weighted by molar-refractivity contribution is 5.99. The molecule has 0 aliphatic carbocycles. The van der Waals surface area contributed by atoms with Gasteiger partial charge in [0.2, 0.25) is 0 Å². The minimum absolute atomic E-state index is 0.0426. The molecule has 0 amide bonds. The first kappa shape index (κ1) is 19.7. The first-order valence-corrected chi connectivity index (χ1v) is 8.37. The largest absolute Gasteiger partial charge is 0.504 e. The van der Waals surface area contributed by atoms with Crippen LogP contribution in [0.15, 0.2) is 45.6 Å². The number of methoxy groups -OCH3 is 2. The second kappa shape index (κ2) is 7.93. The highest BCUT2D eigenvalue weighted by Gasteiger charge is 2.16. The zero-order valence-corrected chi connectivity index (χ0v) is 15.5. The Morgan fingerprint density at radius 1 is 1.00 bits per heavy atom. The molecule has 0 atom stereocenters. The first-order chi connectivity index (χ1) is 13.8. The molecule has 1 heterocycles. The fourth-order valence-corrected chi connectivity index (χ4v) is 2.81. The van der Waals surface area contributed by atoms with Gasteiger partial charge >= 0.3 is 17.6 Å². The van der Waals surface area contributed by atoms with Crippen molar-refractivity contribution in [2.75, 3.05) is 19.5 Å². The van der Waals surface area contributed by atoms with Gasteiger partial charge in [-0.15, -0.1) is 0 Å². The lowest BCUT2D eigenvalue weighted by Gasteiger charge is -2.13. The maximum Gasteiger partial charge on any atom is 0.339 e. The van der Waals surface area contributed by atoms with Crippen LogP contribution >= 0.6 is 0 Å². The van der Waals surface area contributed by atoms with Crippen LogP contribution < -0.4 is 10.9 Å². The third kappa shape index (κ3) is 3.98. The van der Waals surface area contributed by atoms with Gasteiger partial charge in [-0.1, -0.05) is 0 Å². The highest BCUT2D eigenvalue weighted by atomic mass is 16.5. The summed E-state index contributed by atoms with van der Waals surface area (Å²) in [4.78, 5) is 35.7. The van der Waals surface area contributed by atoms with Gasteiger partial charge in [-0.2, -0.15) is 0 Å². The molecule has 0 saturated carbocycles. The van der Waals surface area contributed by atoms with Crippen molar-refractivity contribution in [3.05, 3.63) is 63.5 Å². The monoisotopic (exact) mass is 399 g/mol. The van der Waals surface area contributed by atoms with Crippen LogP contribution in [-0.4, -0.2) is 36.4 Å². The van der Waals surface area contributed by atoms with Crippen molar-refractivity contribution in [3.8, 4) is 11.5 Å². The average molecular weight is 399 g/mol. The van der Waals surface area contributed by atoms with Crippen LogP contribution in [0.25, 0.3) is 11.0 Å². The van der Waals surface area contributed by atoms with Crippen molar-refractivity contribution in [1.29, 1.82) is 0 Å². The maximum atomic E-state index is 12.0. The van der Waals surface area contributed by atoms with E-state index in [0.717, 1.165) is 6.07 Å². The van der Waals surface area contributed by atoms with Gasteiger partial charge in [-0.05, 0) is 29.8 Å². The van der Waals surface area contributed by atoms with E-state index in [1.54, 1.807) is 0 Å². The lowest BCUT2D eigenvalue weighted by atomic mass is 10.1. The molecule has 3 N–H and O–H groups in total. The van der Waals surface area contributed by atoms with E-state index in [1.807, 2.05) is 0 Å². The molecule has 29 heavy (non-hydrogen) atoms. The number of aromatic hydroxyl groups is 2. The smallest absolute Gasteiger partial charge is 0.339 e. The number of fused-ring (bicyclic) bond motifs is 1. The number of ether oxygens (including phenoxy) is 2. The number of esters is 2. The van der Waals surface area contributed by atoms with Gasteiger partial charge < -0.3 is 29.4 Å². The van der Waals surface area contributed by atoms with Crippen molar-refractivity contribution < 1.29 is 33.7 Å². The molecule has 2 aromatic carbocycles. The molecule has 0 aliphatic heterocycles. The van der Waals surface area contributed by atoms with E-state index < -0.39 is 23.3 Å². The molecule has 0 radical (unpaired) electrons. The molecule has 9 heteroatoms. The van der Waals surface area contributed by atoms with Crippen LogP contribution in [0.5, 0.6) is 11.5 Å². The van der Waals surface area contributed by atoms with Crippen LogP contribution in [0.3, 0.4) is 0 Å². The van der Waals surface area contributed by atoms with Crippen LogP contribution in [-0.2, 0) is 16.0 Å². The number of phenols is 2. The fourth-order valence-electron chi connectivity index (χ4n) is 2.81. The van der Waals surface area contributed by atoms with E-state index in [0.29, 0.717) is 10.9 Å². The summed E-state index contributed by atoms with van der Waals surface area (Å²) >= 11 is 0. The van der Waals surface area contributed by atoms with Gasteiger partial charge in [0.05, 0.1) is 25.3 Å². The summed E-state index contributed by atoms with van der Waals surface area (Å²) in [6.45, 7) is 0.0426. The van der Waals surface area contributed by atoms with Crippen molar-refractivity contribution >= 4 is 28.6 Å². The van der Waals surface area contributed by atoms with E-state index >= 15 is 0 Å². The molecule has 3 aromatic rings. The zero-order chi connectivity index (χ0) is 21.1. The third-order valence-corrected chi connectivity index (χ3v) is 4.24. The highest BCUT2D eigenvalue weighted by Crippen LogP contribution is 2.31. The number of hydrogen-bond donors (Lipinski definition) is 3. The Labute approximate surface area is 164 Å². The number of rotatable bonds is 5. The number of phenolic OH excluding ortho intramolecular Hbond substituents is 2. The van der Waals surface area contributed by atoms with Crippen LogP contribution in [0, 0.1) is 0 Å². The molecule has 150 valence electrons. The molecule has 0 unspecified atom stereocenters. The lowest BCUT2D eigenvalue weighted by molar-refractivity contribution is 0.0587. The Bertz CT molecular complexity index is 1170. The quantitative estimate of drug-likeness (QED) is 0.336. The van der Waals surface area contributed by atoms with E-state index in [4.69, 9.17) is 13.9 Å². The predicted molar refractivity (Wildman–Crippen MR) is 102 cm³/mol. The average Bonchev–Trinajstić information content (AvgIpc) is 2.71. The number of anilines is 1. The minimum atomic E-state index is -0.657. The van der Waals surface area contributed by atoms with E-state index in [9.17, 15) is 24.6 Å². The number of hydrogen-bond acceptors (Lipinski definition) is 9. The Morgan fingerprint density at radius 2 is 1.69 bits per heavy atom. The number of carbonyl (C=O) groups is 2. The van der Waals surface area contributed by atoms with Crippen LogP contribution in [0.4, 0.5) is 5.69 Å². The fraction of sp³-hybridized carbons (Fsp3) is 0.150. The summed E-state index contributed by atoms with van der Waals surface area (Å²) in [7, 11) is 2.46. The Balaban J connectivity index is 2.03. The van der Waals surface area contributed by atoms with Gasteiger partial charge in [0.15, 0.2) is 11.5 Å². The molecule has 3 rings (SSSR count). The SMILES string of the molecule is COC(=O)c1ccc(C(=O)OC)c(NCc2cc(=O)oc3cc(O)c(O)cc23)c1. The van der Waals surface area contributed by atoms with Crippen molar-refractivity contribution in [1.82, 2.24) is 0 Å². The Kier molecular flexibility index (Phi) is 5.40. The minimum Gasteiger partial charge on any atom is -0.504 e. The van der Waals surface area contributed by atoms with Gasteiger partial charge in [0.25, 0.3) is 0 Å². The maximum absolute atomic E-state index is 12.0.